The largest absolute Gasteiger partial charge is 0.459 e. The first-order chi connectivity index (χ1) is 7.65. The van der Waals surface area contributed by atoms with E-state index < -0.39 is 0 Å². The molecule has 2 rings (SSSR count). The van der Waals surface area contributed by atoms with Crippen LogP contribution < -0.4 is 5.32 Å². The minimum Gasteiger partial charge on any atom is -0.459 e. The van der Waals surface area contributed by atoms with Gasteiger partial charge >= 0.3 is 5.97 Å². The number of amides is 1. The number of hydrogen-bond acceptors (Lipinski definition) is 4. The second-order valence-corrected chi connectivity index (χ2v) is 4.80. The fourth-order valence-corrected chi connectivity index (χ4v) is 2.38. The fraction of sp³-hybridized carbons (Fsp3) is 0.455. The predicted octanol–water partition coefficient (Wildman–Crippen LogP) is 1.49. The molecule has 0 saturated carbocycles. The molecule has 1 amide bonds. The summed E-state index contributed by atoms with van der Waals surface area (Å²) in [7, 11) is 0. The third-order valence-corrected chi connectivity index (χ3v) is 3.46. The quantitative estimate of drug-likeness (QED) is 0.813. The van der Waals surface area contributed by atoms with E-state index in [1.165, 1.54) is 11.3 Å². The molecule has 0 aromatic carbocycles. The SMILES string of the molecule is Cc1csc(C(=O)OC[C@H]2CCC(=O)N2)c1. The third-order valence-electron chi connectivity index (χ3n) is 2.43. The van der Waals surface area contributed by atoms with Crippen LogP contribution in [0.1, 0.15) is 28.1 Å². The third kappa shape index (κ3) is 2.61. The van der Waals surface area contributed by atoms with E-state index in [0.717, 1.165) is 12.0 Å². The minimum absolute atomic E-state index is 0.0162. The molecule has 1 aromatic heterocycles. The second kappa shape index (κ2) is 4.65. The summed E-state index contributed by atoms with van der Waals surface area (Å²) in [6, 6.07) is 1.79. The first-order valence-corrected chi connectivity index (χ1v) is 6.05. The summed E-state index contributed by atoms with van der Waals surface area (Å²) in [5, 5.41) is 4.66. The van der Waals surface area contributed by atoms with Gasteiger partial charge in [0.25, 0.3) is 0 Å². The standard InChI is InChI=1S/C11H13NO3S/c1-7-4-9(16-6-7)11(14)15-5-8-2-3-10(13)12-8/h4,6,8H,2-3,5H2,1H3,(H,12,13)/t8-/m1/s1. The predicted molar refractivity (Wildman–Crippen MR) is 60.5 cm³/mol. The van der Waals surface area contributed by atoms with E-state index in [1.54, 1.807) is 6.07 Å². The van der Waals surface area contributed by atoms with Gasteiger partial charge in [0.15, 0.2) is 0 Å². The monoisotopic (exact) mass is 239 g/mol. The van der Waals surface area contributed by atoms with Gasteiger partial charge in [-0.1, -0.05) is 0 Å². The van der Waals surface area contributed by atoms with Crippen LogP contribution in [0.3, 0.4) is 0 Å². The van der Waals surface area contributed by atoms with Crippen molar-refractivity contribution in [3.8, 4) is 0 Å². The zero-order valence-electron chi connectivity index (χ0n) is 8.99. The first-order valence-electron chi connectivity index (χ1n) is 5.17. The Labute approximate surface area is 97.6 Å². The lowest BCUT2D eigenvalue weighted by Crippen LogP contribution is -2.30. The van der Waals surface area contributed by atoms with Crippen molar-refractivity contribution >= 4 is 23.2 Å². The van der Waals surface area contributed by atoms with Crippen molar-refractivity contribution in [2.45, 2.75) is 25.8 Å². The average Bonchev–Trinajstić information content (AvgIpc) is 2.84. The van der Waals surface area contributed by atoms with Crippen LogP contribution >= 0.6 is 11.3 Å². The van der Waals surface area contributed by atoms with Crippen LogP contribution in [0.25, 0.3) is 0 Å². The average molecular weight is 239 g/mol. The van der Waals surface area contributed by atoms with Crippen LogP contribution in [0, 0.1) is 6.92 Å². The molecule has 4 nitrogen and oxygen atoms in total. The normalized spacial score (nSPS) is 19.6. The summed E-state index contributed by atoms with van der Waals surface area (Å²) in [6.45, 7) is 2.20. The van der Waals surface area contributed by atoms with Crippen LogP contribution in [0.15, 0.2) is 11.4 Å². The Balaban J connectivity index is 1.82. The van der Waals surface area contributed by atoms with Gasteiger partial charge in [-0.15, -0.1) is 11.3 Å². The van der Waals surface area contributed by atoms with Crippen molar-refractivity contribution in [2.24, 2.45) is 0 Å². The number of hydrogen-bond donors (Lipinski definition) is 1. The van der Waals surface area contributed by atoms with Crippen LogP contribution in [-0.4, -0.2) is 24.5 Å². The molecule has 1 aromatic rings. The first kappa shape index (κ1) is 11.1. The Morgan fingerprint density at radius 3 is 3.06 bits per heavy atom. The highest BCUT2D eigenvalue weighted by Crippen LogP contribution is 2.15. The Morgan fingerprint density at radius 1 is 1.69 bits per heavy atom. The Hall–Kier alpha value is -1.36. The maximum atomic E-state index is 11.6. The van der Waals surface area contributed by atoms with Crippen LogP contribution in [0.4, 0.5) is 0 Å². The van der Waals surface area contributed by atoms with Gasteiger partial charge in [0.1, 0.15) is 11.5 Å². The molecule has 2 heterocycles. The van der Waals surface area contributed by atoms with Gasteiger partial charge in [-0.05, 0) is 30.4 Å². The van der Waals surface area contributed by atoms with E-state index in [4.69, 9.17) is 4.74 Å². The number of aryl methyl sites for hydroxylation is 1. The number of ether oxygens (including phenoxy) is 1. The van der Waals surface area contributed by atoms with E-state index in [-0.39, 0.29) is 24.5 Å². The van der Waals surface area contributed by atoms with Gasteiger partial charge in [0.05, 0.1) is 6.04 Å². The Bertz CT molecular complexity index is 413. The Morgan fingerprint density at radius 2 is 2.50 bits per heavy atom. The number of rotatable bonds is 3. The maximum absolute atomic E-state index is 11.6. The van der Waals surface area contributed by atoms with Gasteiger partial charge < -0.3 is 10.1 Å². The summed E-state index contributed by atoms with van der Waals surface area (Å²) < 4.78 is 5.13. The van der Waals surface area contributed by atoms with E-state index >= 15 is 0 Å². The lowest BCUT2D eigenvalue weighted by Gasteiger charge is -2.09. The van der Waals surface area contributed by atoms with E-state index in [9.17, 15) is 9.59 Å². The van der Waals surface area contributed by atoms with E-state index in [2.05, 4.69) is 5.32 Å². The van der Waals surface area contributed by atoms with Crippen molar-refractivity contribution < 1.29 is 14.3 Å². The van der Waals surface area contributed by atoms with Gasteiger partial charge in [-0.25, -0.2) is 4.79 Å². The highest BCUT2D eigenvalue weighted by molar-refractivity contribution is 7.12. The lowest BCUT2D eigenvalue weighted by molar-refractivity contribution is -0.119. The molecule has 1 N–H and O–H groups in total. The van der Waals surface area contributed by atoms with Crippen LogP contribution in [0.5, 0.6) is 0 Å². The zero-order valence-corrected chi connectivity index (χ0v) is 9.80. The van der Waals surface area contributed by atoms with Crippen LogP contribution in [-0.2, 0) is 9.53 Å². The molecule has 0 radical (unpaired) electrons. The summed E-state index contributed by atoms with van der Waals surface area (Å²) in [4.78, 5) is 23.1. The minimum atomic E-state index is -0.306. The topological polar surface area (TPSA) is 55.4 Å². The molecule has 1 aliphatic rings. The van der Waals surface area contributed by atoms with E-state index in [1.807, 2.05) is 12.3 Å². The van der Waals surface area contributed by atoms with Crippen molar-refractivity contribution in [1.82, 2.24) is 5.32 Å². The number of thiophene rings is 1. The lowest BCUT2D eigenvalue weighted by atomic mass is 10.2. The number of carbonyl (C=O) groups is 2. The molecule has 1 aliphatic heterocycles. The van der Waals surface area contributed by atoms with Crippen molar-refractivity contribution in [3.05, 3.63) is 21.9 Å². The van der Waals surface area contributed by atoms with Crippen molar-refractivity contribution in [3.63, 3.8) is 0 Å². The molecule has 0 spiro atoms. The molecule has 5 heteroatoms. The second-order valence-electron chi connectivity index (χ2n) is 3.89. The van der Waals surface area contributed by atoms with Gasteiger partial charge in [-0.2, -0.15) is 0 Å². The summed E-state index contributed by atoms with van der Waals surface area (Å²) in [5.74, 6) is -0.271. The molecule has 1 saturated heterocycles. The highest BCUT2D eigenvalue weighted by Gasteiger charge is 2.22. The van der Waals surface area contributed by atoms with Gasteiger partial charge in [0, 0.05) is 6.42 Å². The van der Waals surface area contributed by atoms with E-state index in [0.29, 0.717) is 11.3 Å². The molecular formula is C11H13NO3S. The molecule has 16 heavy (non-hydrogen) atoms. The van der Waals surface area contributed by atoms with Crippen molar-refractivity contribution in [1.29, 1.82) is 0 Å². The number of carbonyl (C=O) groups excluding carboxylic acids is 2. The summed E-state index contributed by atoms with van der Waals surface area (Å²) >= 11 is 1.38. The molecule has 1 atom stereocenters. The maximum Gasteiger partial charge on any atom is 0.348 e. The summed E-state index contributed by atoms with van der Waals surface area (Å²) in [5.41, 5.74) is 1.06. The highest BCUT2D eigenvalue weighted by atomic mass is 32.1. The van der Waals surface area contributed by atoms with Gasteiger partial charge in [-0.3, -0.25) is 4.79 Å². The van der Waals surface area contributed by atoms with Gasteiger partial charge in [0.2, 0.25) is 5.91 Å². The number of nitrogens with one attached hydrogen (secondary N) is 1. The Kier molecular flexibility index (Phi) is 3.24. The number of esters is 1. The molecule has 0 unspecified atom stereocenters. The van der Waals surface area contributed by atoms with Crippen molar-refractivity contribution in [2.75, 3.05) is 6.61 Å². The summed E-state index contributed by atoms with van der Waals surface area (Å²) in [6.07, 6.45) is 1.27. The molecular weight excluding hydrogens is 226 g/mol. The smallest absolute Gasteiger partial charge is 0.348 e. The molecule has 0 bridgehead atoms. The fourth-order valence-electron chi connectivity index (χ4n) is 1.59. The molecule has 0 aliphatic carbocycles. The zero-order chi connectivity index (χ0) is 11.5. The molecule has 86 valence electrons. The molecule has 1 fully saturated rings. The van der Waals surface area contributed by atoms with Crippen LogP contribution in [0.2, 0.25) is 0 Å².